The van der Waals surface area contributed by atoms with Gasteiger partial charge in [0.2, 0.25) is 0 Å². The standard InChI is InChI=1S/C21H32N6O/c1-7-27(8-2)20(28)18-11-9-17(10-12-18)13-23-21(22-5)24-14-19-15(3)25-26(6)16(19)4/h9-12H,7-8,13-14H2,1-6H3,(H2,22,23,24). The van der Waals surface area contributed by atoms with Crippen molar-refractivity contribution in [3.63, 3.8) is 0 Å². The van der Waals surface area contributed by atoms with Crippen LogP contribution in [0.15, 0.2) is 29.3 Å². The van der Waals surface area contributed by atoms with Gasteiger partial charge in [0.05, 0.1) is 5.69 Å². The Balaban J connectivity index is 1.92. The van der Waals surface area contributed by atoms with Gasteiger partial charge in [-0.15, -0.1) is 0 Å². The van der Waals surface area contributed by atoms with Crippen LogP contribution in [0.4, 0.5) is 0 Å². The lowest BCUT2D eigenvalue weighted by Gasteiger charge is -2.18. The van der Waals surface area contributed by atoms with Crippen LogP contribution in [-0.2, 0) is 20.1 Å². The zero-order valence-corrected chi connectivity index (χ0v) is 17.8. The van der Waals surface area contributed by atoms with Crippen molar-refractivity contribution in [2.45, 2.75) is 40.8 Å². The summed E-state index contributed by atoms with van der Waals surface area (Å²) in [7, 11) is 3.71. The zero-order valence-electron chi connectivity index (χ0n) is 17.8. The Morgan fingerprint density at radius 3 is 2.21 bits per heavy atom. The highest BCUT2D eigenvalue weighted by atomic mass is 16.2. The quantitative estimate of drug-likeness (QED) is 0.568. The summed E-state index contributed by atoms with van der Waals surface area (Å²) >= 11 is 0. The topological polar surface area (TPSA) is 74.6 Å². The maximum absolute atomic E-state index is 12.4. The Hall–Kier alpha value is -2.83. The van der Waals surface area contributed by atoms with Crippen molar-refractivity contribution in [3.8, 4) is 0 Å². The third-order valence-corrected chi connectivity index (χ3v) is 5.03. The number of carbonyl (C=O) groups excluding carboxylic acids is 1. The zero-order chi connectivity index (χ0) is 20.7. The Kier molecular flexibility index (Phi) is 7.61. The van der Waals surface area contributed by atoms with Crippen LogP contribution < -0.4 is 10.6 Å². The fourth-order valence-electron chi connectivity index (χ4n) is 3.11. The second-order valence-electron chi connectivity index (χ2n) is 6.73. The first-order valence-electron chi connectivity index (χ1n) is 9.73. The maximum atomic E-state index is 12.4. The summed E-state index contributed by atoms with van der Waals surface area (Å²) in [6, 6.07) is 7.73. The van der Waals surface area contributed by atoms with Crippen molar-refractivity contribution >= 4 is 11.9 Å². The second kappa shape index (κ2) is 9.92. The molecule has 1 aromatic carbocycles. The molecule has 152 valence electrons. The molecule has 2 aromatic rings. The number of aliphatic imine (C=N–C) groups is 1. The fraction of sp³-hybridized carbons (Fsp3) is 0.476. The van der Waals surface area contributed by atoms with Gasteiger partial charge in [0.1, 0.15) is 0 Å². The normalized spacial score (nSPS) is 11.4. The summed E-state index contributed by atoms with van der Waals surface area (Å²) in [5, 5.41) is 11.1. The molecule has 2 rings (SSSR count). The molecular formula is C21H32N6O. The predicted octanol–water partition coefficient (Wildman–Crippen LogP) is 2.38. The number of hydrogen-bond acceptors (Lipinski definition) is 3. The lowest BCUT2D eigenvalue weighted by molar-refractivity contribution is 0.0773. The number of rotatable bonds is 7. The molecule has 0 aliphatic heterocycles. The van der Waals surface area contributed by atoms with Crippen molar-refractivity contribution in [1.82, 2.24) is 25.3 Å². The van der Waals surface area contributed by atoms with Gasteiger partial charge in [-0.1, -0.05) is 12.1 Å². The molecular weight excluding hydrogens is 352 g/mol. The largest absolute Gasteiger partial charge is 0.352 e. The van der Waals surface area contributed by atoms with Crippen LogP contribution in [0.1, 0.15) is 46.7 Å². The average Bonchev–Trinajstić information content (AvgIpc) is 2.95. The fourth-order valence-corrected chi connectivity index (χ4v) is 3.11. The van der Waals surface area contributed by atoms with Gasteiger partial charge in [0, 0.05) is 57.1 Å². The van der Waals surface area contributed by atoms with E-state index in [2.05, 4.69) is 27.6 Å². The average molecular weight is 385 g/mol. The van der Waals surface area contributed by atoms with E-state index in [0.29, 0.717) is 13.1 Å². The number of aromatic nitrogens is 2. The van der Waals surface area contributed by atoms with Gasteiger partial charge < -0.3 is 15.5 Å². The highest BCUT2D eigenvalue weighted by Gasteiger charge is 2.12. The van der Waals surface area contributed by atoms with Crippen LogP contribution in [-0.4, -0.2) is 46.7 Å². The van der Waals surface area contributed by atoms with Crippen LogP contribution in [0.25, 0.3) is 0 Å². The summed E-state index contributed by atoms with van der Waals surface area (Å²) in [5.74, 6) is 0.801. The molecule has 7 nitrogen and oxygen atoms in total. The molecule has 0 bridgehead atoms. The van der Waals surface area contributed by atoms with E-state index in [9.17, 15) is 4.79 Å². The number of nitrogens with zero attached hydrogens (tertiary/aromatic N) is 4. The summed E-state index contributed by atoms with van der Waals surface area (Å²) in [6.07, 6.45) is 0. The smallest absolute Gasteiger partial charge is 0.253 e. The third-order valence-electron chi connectivity index (χ3n) is 5.03. The van der Waals surface area contributed by atoms with Gasteiger partial charge in [0.25, 0.3) is 5.91 Å². The summed E-state index contributed by atoms with van der Waals surface area (Å²) in [5.41, 5.74) is 5.17. The monoisotopic (exact) mass is 384 g/mol. The van der Waals surface area contributed by atoms with Gasteiger partial charge in [-0.2, -0.15) is 5.10 Å². The number of nitrogens with one attached hydrogen (secondary N) is 2. The molecule has 7 heteroatoms. The highest BCUT2D eigenvalue weighted by molar-refractivity contribution is 5.94. The van der Waals surface area contributed by atoms with E-state index in [-0.39, 0.29) is 5.91 Å². The summed E-state index contributed by atoms with van der Waals surface area (Å²) in [6.45, 7) is 10.8. The lowest BCUT2D eigenvalue weighted by Crippen LogP contribution is -2.36. The molecule has 0 spiro atoms. The van der Waals surface area contributed by atoms with E-state index in [0.717, 1.165) is 41.6 Å². The Morgan fingerprint density at radius 2 is 1.71 bits per heavy atom. The van der Waals surface area contributed by atoms with Crippen molar-refractivity contribution in [3.05, 3.63) is 52.3 Å². The molecule has 1 heterocycles. The molecule has 0 aliphatic carbocycles. The Morgan fingerprint density at radius 1 is 1.11 bits per heavy atom. The number of carbonyl (C=O) groups is 1. The molecule has 0 radical (unpaired) electrons. The van der Waals surface area contributed by atoms with Crippen molar-refractivity contribution in [2.75, 3.05) is 20.1 Å². The summed E-state index contributed by atoms with van der Waals surface area (Å²) in [4.78, 5) is 18.5. The van der Waals surface area contributed by atoms with E-state index in [4.69, 9.17) is 0 Å². The third kappa shape index (κ3) is 5.12. The van der Waals surface area contributed by atoms with Crippen LogP contribution in [0, 0.1) is 13.8 Å². The molecule has 0 saturated heterocycles. The minimum absolute atomic E-state index is 0.0733. The SMILES string of the molecule is CCN(CC)C(=O)c1ccc(CNC(=NC)NCc2c(C)nn(C)c2C)cc1. The molecule has 1 aromatic heterocycles. The molecule has 0 fully saturated rings. The second-order valence-corrected chi connectivity index (χ2v) is 6.73. The first kappa shape index (κ1) is 21.5. The molecule has 0 saturated carbocycles. The van der Waals surface area contributed by atoms with Crippen LogP contribution in [0.3, 0.4) is 0 Å². The summed E-state index contributed by atoms with van der Waals surface area (Å²) < 4.78 is 1.89. The minimum atomic E-state index is 0.0733. The number of hydrogen-bond donors (Lipinski definition) is 2. The maximum Gasteiger partial charge on any atom is 0.253 e. The van der Waals surface area contributed by atoms with E-state index >= 15 is 0 Å². The molecule has 1 amide bonds. The van der Waals surface area contributed by atoms with Gasteiger partial charge in [0.15, 0.2) is 5.96 Å². The molecule has 0 aliphatic rings. The Bertz CT molecular complexity index is 818. The number of amides is 1. The first-order valence-corrected chi connectivity index (χ1v) is 9.73. The van der Waals surface area contributed by atoms with E-state index in [1.54, 1.807) is 7.05 Å². The first-order chi connectivity index (χ1) is 13.4. The van der Waals surface area contributed by atoms with Crippen LogP contribution in [0.5, 0.6) is 0 Å². The number of guanidine groups is 1. The van der Waals surface area contributed by atoms with E-state index in [1.807, 2.05) is 61.7 Å². The van der Waals surface area contributed by atoms with Gasteiger partial charge in [-0.05, 0) is 45.4 Å². The van der Waals surface area contributed by atoms with Gasteiger partial charge in [-0.3, -0.25) is 14.5 Å². The van der Waals surface area contributed by atoms with Crippen molar-refractivity contribution in [1.29, 1.82) is 0 Å². The molecule has 0 unspecified atom stereocenters. The molecule has 0 atom stereocenters. The van der Waals surface area contributed by atoms with Gasteiger partial charge >= 0.3 is 0 Å². The molecule has 28 heavy (non-hydrogen) atoms. The minimum Gasteiger partial charge on any atom is -0.352 e. The number of benzene rings is 1. The van der Waals surface area contributed by atoms with E-state index in [1.165, 1.54) is 5.56 Å². The van der Waals surface area contributed by atoms with Crippen LogP contribution >= 0.6 is 0 Å². The predicted molar refractivity (Wildman–Crippen MR) is 113 cm³/mol. The Labute approximate surface area is 167 Å². The van der Waals surface area contributed by atoms with Gasteiger partial charge in [-0.25, -0.2) is 0 Å². The highest BCUT2D eigenvalue weighted by Crippen LogP contribution is 2.11. The number of aryl methyl sites for hydroxylation is 2. The van der Waals surface area contributed by atoms with Crippen molar-refractivity contribution in [2.24, 2.45) is 12.0 Å². The molecule has 2 N–H and O–H groups in total. The lowest BCUT2D eigenvalue weighted by atomic mass is 10.1. The van der Waals surface area contributed by atoms with Crippen molar-refractivity contribution < 1.29 is 4.79 Å². The van der Waals surface area contributed by atoms with Crippen LogP contribution in [0.2, 0.25) is 0 Å². The van der Waals surface area contributed by atoms with E-state index < -0.39 is 0 Å².